The maximum atomic E-state index is 16.7. The Hall–Kier alpha value is -3.36. The number of β-amino-alcohol motifs (C(OH)–C–C–N with tert-alkyl or cyclic N) is 1. The van der Waals surface area contributed by atoms with Crippen molar-refractivity contribution >= 4 is 43.4 Å². The number of nitrogen functional groups attached to an aromatic ring is 1. The number of nitrogens with zero attached hydrogens (tertiary/aromatic N) is 5. The number of hydrogen-bond acceptors (Lipinski definition) is 9. The molecule has 0 spiro atoms. The summed E-state index contributed by atoms with van der Waals surface area (Å²) in [7, 11) is 0. The van der Waals surface area contributed by atoms with Crippen molar-refractivity contribution < 1.29 is 31.8 Å². The van der Waals surface area contributed by atoms with Crippen LogP contribution in [0.25, 0.3) is 32.2 Å². The van der Waals surface area contributed by atoms with Crippen molar-refractivity contribution in [2.75, 3.05) is 43.4 Å². The molecule has 1 unspecified atom stereocenters. The van der Waals surface area contributed by atoms with Crippen molar-refractivity contribution in [2.45, 2.75) is 56.3 Å². The number of piperidine rings is 1. The van der Waals surface area contributed by atoms with E-state index < -0.39 is 35.0 Å². The number of nitrogens with two attached hydrogens (primary N) is 1. The predicted molar refractivity (Wildman–Crippen MR) is 153 cm³/mol. The van der Waals surface area contributed by atoms with Crippen LogP contribution in [0.5, 0.6) is 6.01 Å². The van der Waals surface area contributed by atoms with Gasteiger partial charge in [0.05, 0.1) is 27.4 Å². The summed E-state index contributed by atoms with van der Waals surface area (Å²) in [5, 5.41) is 10.1. The van der Waals surface area contributed by atoms with Crippen molar-refractivity contribution in [3.8, 4) is 17.1 Å². The Morgan fingerprint density at radius 3 is 2.53 bits per heavy atom. The van der Waals surface area contributed by atoms with Crippen LogP contribution in [0, 0.1) is 11.6 Å². The van der Waals surface area contributed by atoms with Crippen LogP contribution in [0.4, 0.5) is 32.9 Å². The topological polar surface area (TPSA) is 101 Å². The SMILES string of the molecule is Nc1nc2c(-c3c(C(F)(F)F)cc4c(N5CCCC(O)C5)nc(OCC56CCCN5CCC6)nc4c3F)ccc(F)c2s1. The third-order valence-electron chi connectivity index (χ3n) is 8.95. The van der Waals surface area contributed by atoms with Crippen LogP contribution in [0.1, 0.15) is 44.1 Å². The van der Waals surface area contributed by atoms with E-state index in [0.717, 1.165) is 68.3 Å². The molecule has 2 aromatic carbocycles. The number of aliphatic hydroxyl groups is 1. The van der Waals surface area contributed by atoms with Crippen molar-refractivity contribution in [3.63, 3.8) is 0 Å². The fraction of sp³-hybridized carbons (Fsp3) is 0.483. The van der Waals surface area contributed by atoms with Crippen LogP contribution in [-0.4, -0.2) is 69.4 Å². The third-order valence-corrected chi connectivity index (χ3v) is 9.85. The number of anilines is 2. The summed E-state index contributed by atoms with van der Waals surface area (Å²) in [4.78, 5) is 16.9. The Morgan fingerprint density at radius 2 is 1.81 bits per heavy atom. The van der Waals surface area contributed by atoms with Crippen LogP contribution < -0.4 is 15.4 Å². The summed E-state index contributed by atoms with van der Waals surface area (Å²) in [5.74, 6) is -1.92. The second kappa shape index (κ2) is 10.4. The molecule has 228 valence electrons. The highest BCUT2D eigenvalue weighted by Gasteiger charge is 2.45. The number of rotatable bonds is 5. The average molecular weight is 621 g/mol. The molecule has 3 saturated heterocycles. The zero-order chi connectivity index (χ0) is 30.1. The number of fused-ring (bicyclic) bond motifs is 3. The standard InChI is InChI=1S/C29H29F5N6O2S/c30-19-6-5-16(23-24(19)43-26(35)36-23)20-18(29(32,33)34)12-17-22(21(20)31)37-27(38-25(17)39-9-1-4-15(41)13-39)42-14-28-7-2-10-40(28)11-3-8-28/h5-6,12,15,41H,1-4,7-11,13-14H2,(H2,35,36). The van der Waals surface area contributed by atoms with Gasteiger partial charge in [-0.05, 0) is 69.8 Å². The van der Waals surface area contributed by atoms with Crippen molar-refractivity contribution in [1.82, 2.24) is 19.9 Å². The first kappa shape index (κ1) is 28.4. The number of halogens is 5. The van der Waals surface area contributed by atoms with Gasteiger partial charge in [-0.3, -0.25) is 4.90 Å². The minimum atomic E-state index is -4.99. The molecule has 0 amide bonds. The molecule has 2 aromatic heterocycles. The molecule has 1 atom stereocenters. The van der Waals surface area contributed by atoms with E-state index in [1.165, 1.54) is 0 Å². The van der Waals surface area contributed by atoms with Crippen molar-refractivity contribution in [3.05, 3.63) is 35.4 Å². The van der Waals surface area contributed by atoms with E-state index in [4.69, 9.17) is 10.5 Å². The molecule has 7 rings (SSSR count). The Morgan fingerprint density at radius 1 is 1.05 bits per heavy atom. The number of thiazole rings is 1. The second-order valence-electron chi connectivity index (χ2n) is 11.6. The van der Waals surface area contributed by atoms with Gasteiger partial charge < -0.3 is 20.5 Å². The summed E-state index contributed by atoms with van der Waals surface area (Å²) in [6.45, 7) is 2.72. The minimum Gasteiger partial charge on any atom is -0.461 e. The molecule has 0 aliphatic carbocycles. The Bertz CT molecular complexity index is 1720. The Kier molecular flexibility index (Phi) is 6.86. The van der Waals surface area contributed by atoms with Gasteiger partial charge in [0, 0.05) is 29.6 Å². The molecule has 3 N–H and O–H groups in total. The van der Waals surface area contributed by atoms with Gasteiger partial charge in [-0.1, -0.05) is 11.3 Å². The smallest absolute Gasteiger partial charge is 0.417 e. The molecule has 3 aliphatic heterocycles. The van der Waals surface area contributed by atoms with E-state index in [9.17, 15) is 22.7 Å². The highest BCUT2D eigenvalue weighted by Crippen LogP contribution is 2.46. The second-order valence-corrected chi connectivity index (χ2v) is 12.6. The number of aromatic nitrogens is 3. The molecule has 5 heterocycles. The molecule has 43 heavy (non-hydrogen) atoms. The molecule has 3 aliphatic rings. The molecule has 0 radical (unpaired) electrons. The van der Waals surface area contributed by atoms with Crippen LogP contribution in [0.2, 0.25) is 0 Å². The summed E-state index contributed by atoms with van der Waals surface area (Å²) < 4.78 is 81.2. The normalized spacial score (nSPS) is 20.8. The fourth-order valence-electron chi connectivity index (χ4n) is 6.98. The zero-order valence-electron chi connectivity index (χ0n) is 23.1. The largest absolute Gasteiger partial charge is 0.461 e. The summed E-state index contributed by atoms with van der Waals surface area (Å²) in [6.07, 6.45) is -0.658. The first-order valence-electron chi connectivity index (χ1n) is 14.3. The van der Waals surface area contributed by atoms with Gasteiger partial charge in [-0.2, -0.15) is 23.1 Å². The molecular formula is C29H29F5N6O2S. The number of alkyl halides is 3. The number of benzene rings is 2. The molecule has 4 aromatic rings. The van der Waals surface area contributed by atoms with E-state index in [-0.39, 0.29) is 62.3 Å². The molecular weight excluding hydrogens is 591 g/mol. The monoisotopic (exact) mass is 620 g/mol. The highest BCUT2D eigenvalue weighted by molar-refractivity contribution is 7.22. The summed E-state index contributed by atoms with van der Waals surface area (Å²) >= 11 is 0.768. The lowest BCUT2D eigenvalue weighted by Gasteiger charge is -2.33. The average Bonchev–Trinajstić information content (AvgIpc) is 3.66. The molecule has 0 bridgehead atoms. The van der Waals surface area contributed by atoms with Gasteiger partial charge in [0.25, 0.3) is 0 Å². The van der Waals surface area contributed by atoms with Crippen LogP contribution in [-0.2, 0) is 6.18 Å². The van der Waals surface area contributed by atoms with Crippen LogP contribution in [0.15, 0.2) is 18.2 Å². The van der Waals surface area contributed by atoms with E-state index in [0.29, 0.717) is 19.4 Å². The third kappa shape index (κ3) is 4.83. The molecule has 0 saturated carbocycles. The van der Waals surface area contributed by atoms with Gasteiger partial charge >= 0.3 is 12.2 Å². The Balaban J connectivity index is 1.44. The van der Waals surface area contributed by atoms with Gasteiger partial charge in [-0.15, -0.1) is 0 Å². The van der Waals surface area contributed by atoms with Gasteiger partial charge in [0.15, 0.2) is 10.9 Å². The quantitative estimate of drug-likeness (QED) is 0.272. The van der Waals surface area contributed by atoms with Gasteiger partial charge in [0.2, 0.25) is 0 Å². The molecule has 8 nitrogen and oxygen atoms in total. The maximum Gasteiger partial charge on any atom is 0.417 e. The highest BCUT2D eigenvalue weighted by atomic mass is 32.1. The van der Waals surface area contributed by atoms with Crippen LogP contribution >= 0.6 is 11.3 Å². The number of aliphatic hydroxyl groups excluding tert-OH is 1. The zero-order valence-corrected chi connectivity index (χ0v) is 23.9. The lowest BCUT2D eigenvalue weighted by molar-refractivity contribution is -0.137. The molecule has 3 fully saturated rings. The number of hydrogen-bond donors (Lipinski definition) is 2. The lowest BCUT2D eigenvalue weighted by atomic mass is 9.95. The van der Waals surface area contributed by atoms with Crippen LogP contribution in [0.3, 0.4) is 0 Å². The Labute approximate surface area is 247 Å². The van der Waals surface area contributed by atoms with E-state index in [1.54, 1.807) is 4.90 Å². The predicted octanol–water partition coefficient (Wildman–Crippen LogP) is 5.75. The first-order valence-corrected chi connectivity index (χ1v) is 15.1. The van der Waals surface area contributed by atoms with Crippen molar-refractivity contribution in [1.29, 1.82) is 0 Å². The lowest BCUT2D eigenvalue weighted by Crippen LogP contribution is -2.43. The number of ether oxygens (including phenoxy) is 1. The summed E-state index contributed by atoms with van der Waals surface area (Å²) in [5.41, 5.74) is 2.73. The van der Waals surface area contributed by atoms with E-state index in [2.05, 4.69) is 19.9 Å². The fourth-order valence-corrected chi connectivity index (χ4v) is 7.75. The first-order chi connectivity index (χ1) is 20.5. The van der Waals surface area contributed by atoms with E-state index >= 15 is 4.39 Å². The van der Waals surface area contributed by atoms with Gasteiger partial charge in [-0.25, -0.2) is 13.8 Å². The maximum absolute atomic E-state index is 16.7. The minimum absolute atomic E-state index is 0.0593. The molecule has 14 heteroatoms. The summed E-state index contributed by atoms with van der Waals surface area (Å²) in [6, 6.07) is 2.72. The van der Waals surface area contributed by atoms with E-state index in [1.807, 2.05) is 0 Å². The van der Waals surface area contributed by atoms with Crippen molar-refractivity contribution in [2.24, 2.45) is 0 Å². The van der Waals surface area contributed by atoms with Gasteiger partial charge in [0.1, 0.15) is 23.8 Å².